The molecule has 1 N–H and O–H groups in total. The van der Waals surface area contributed by atoms with Crippen LogP contribution in [0.4, 0.5) is 8.78 Å². The van der Waals surface area contributed by atoms with Crippen LogP contribution < -0.4 is 5.32 Å². The number of carbonyl (C=O) groups excluding carboxylic acids is 1. The zero-order valence-corrected chi connectivity index (χ0v) is 14.2. The van der Waals surface area contributed by atoms with E-state index in [0.717, 1.165) is 18.4 Å². The van der Waals surface area contributed by atoms with Crippen LogP contribution in [0.25, 0.3) is 11.0 Å². The van der Waals surface area contributed by atoms with Gasteiger partial charge in [-0.05, 0) is 42.2 Å². The number of rotatable bonds is 5. The number of fused-ring (bicyclic) bond motifs is 2. The lowest BCUT2D eigenvalue weighted by Gasteiger charge is -2.15. The highest BCUT2D eigenvalue weighted by molar-refractivity contribution is 5.79. The van der Waals surface area contributed by atoms with Crippen molar-refractivity contribution in [2.75, 3.05) is 0 Å². The van der Waals surface area contributed by atoms with Crippen molar-refractivity contribution in [3.8, 4) is 0 Å². The summed E-state index contributed by atoms with van der Waals surface area (Å²) < 4.78 is 28.1. The van der Waals surface area contributed by atoms with Crippen molar-refractivity contribution in [3.05, 3.63) is 65.5 Å². The number of amides is 1. The van der Waals surface area contributed by atoms with Gasteiger partial charge in [-0.25, -0.2) is 13.8 Å². The van der Waals surface area contributed by atoms with Crippen molar-refractivity contribution in [1.29, 1.82) is 0 Å². The molecule has 0 unspecified atom stereocenters. The Balaban J connectivity index is 1.47. The summed E-state index contributed by atoms with van der Waals surface area (Å²) in [6.45, 7) is 0.181. The summed E-state index contributed by atoms with van der Waals surface area (Å²) in [5.41, 5.74) is 2.81. The van der Waals surface area contributed by atoms with Gasteiger partial charge in [0, 0.05) is 24.5 Å². The molecule has 0 spiro atoms. The lowest BCUT2D eigenvalue weighted by molar-refractivity contribution is -0.122. The standard InChI is InChI=1S/C20H19F2N3O/c21-19(22)17-12-14-5-3-10-23-20(14)25(17)11-9-18(26)24-16-8-7-13-4-1-2-6-15(13)16/h1-6,10,12,16,19H,7-9,11H2,(H,24,26)/t16-/m1/s1. The third kappa shape index (κ3) is 3.07. The normalized spacial score (nSPS) is 16.2. The van der Waals surface area contributed by atoms with Crippen LogP contribution in [-0.4, -0.2) is 15.5 Å². The van der Waals surface area contributed by atoms with Crippen molar-refractivity contribution in [3.63, 3.8) is 0 Å². The van der Waals surface area contributed by atoms with E-state index in [1.807, 2.05) is 18.2 Å². The van der Waals surface area contributed by atoms with E-state index in [0.29, 0.717) is 11.0 Å². The summed E-state index contributed by atoms with van der Waals surface area (Å²) in [6, 6.07) is 13.0. The van der Waals surface area contributed by atoms with Gasteiger partial charge in [0.1, 0.15) is 5.65 Å². The first-order chi connectivity index (χ1) is 12.6. The minimum absolute atomic E-state index is 0.00722. The van der Waals surface area contributed by atoms with Crippen molar-refractivity contribution in [1.82, 2.24) is 14.9 Å². The highest BCUT2D eigenvalue weighted by Gasteiger charge is 2.24. The first-order valence-corrected chi connectivity index (χ1v) is 8.73. The number of nitrogens with one attached hydrogen (secondary N) is 1. The second kappa shape index (κ2) is 6.86. The molecule has 26 heavy (non-hydrogen) atoms. The summed E-state index contributed by atoms with van der Waals surface area (Å²) in [4.78, 5) is 16.6. The maximum Gasteiger partial charge on any atom is 0.278 e. The summed E-state index contributed by atoms with van der Waals surface area (Å²) in [5, 5.41) is 3.69. The predicted octanol–water partition coefficient (Wildman–Crippen LogP) is 4.17. The molecule has 3 aromatic rings. The van der Waals surface area contributed by atoms with E-state index in [1.54, 1.807) is 18.3 Å². The molecule has 1 amide bonds. The maximum absolute atomic E-state index is 13.3. The van der Waals surface area contributed by atoms with Gasteiger partial charge in [-0.1, -0.05) is 24.3 Å². The zero-order valence-electron chi connectivity index (χ0n) is 14.2. The van der Waals surface area contributed by atoms with E-state index in [4.69, 9.17) is 0 Å². The lowest BCUT2D eigenvalue weighted by atomic mass is 10.1. The van der Waals surface area contributed by atoms with Crippen LogP contribution in [0.5, 0.6) is 0 Å². The van der Waals surface area contributed by atoms with E-state index in [-0.39, 0.29) is 30.6 Å². The third-order valence-corrected chi connectivity index (χ3v) is 4.94. The Morgan fingerprint density at radius 3 is 2.96 bits per heavy atom. The van der Waals surface area contributed by atoms with Gasteiger partial charge in [-0.3, -0.25) is 4.79 Å². The smallest absolute Gasteiger partial charge is 0.278 e. The van der Waals surface area contributed by atoms with E-state index in [9.17, 15) is 13.6 Å². The second-order valence-corrected chi connectivity index (χ2v) is 6.55. The van der Waals surface area contributed by atoms with E-state index < -0.39 is 6.43 Å². The number of alkyl halides is 2. The molecule has 1 atom stereocenters. The van der Waals surface area contributed by atoms with Crippen molar-refractivity contribution >= 4 is 16.9 Å². The quantitative estimate of drug-likeness (QED) is 0.747. The molecule has 0 radical (unpaired) electrons. The number of benzene rings is 1. The molecule has 1 aromatic carbocycles. The van der Waals surface area contributed by atoms with Crippen LogP contribution in [0.3, 0.4) is 0 Å². The van der Waals surface area contributed by atoms with E-state index >= 15 is 0 Å². The molecule has 4 rings (SSSR count). The number of nitrogens with zero attached hydrogens (tertiary/aromatic N) is 2. The van der Waals surface area contributed by atoms with Crippen LogP contribution in [-0.2, 0) is 17.8 Å². The molecular weight excluding hydrogens is 336 g/mol. The fourth-order valence-corrected chi connectivity index (χ4v) is 3.71. The monoisotopic (exact) mass is 355 g/mol. The van der Waals surface area contributed by atoms with Gasteiger partial charge in [0.25, 0.3) is 6.43 Å². The maximum atomic E-state index is 13.3. The van der Waals surface area contributed by atoms with Gasteiger partial charge in [0.2, 0.25) is 5.91 Å². The molecule has 134 valence electrons. The topological polar surface area (TPSA) is 46.9 Å². The van der Waals surface area contributed by atoms with E-state index in [2.05, 4.69) is 16.4 Å². The number of carbonyl (C=O) groups is 1. The van der Waals surface area contributed by atoms with Gasteiger partial charge in [0.05, 0.1) is 11.7 Å². The van der Waals surface area contributed by atoms with Crippen molar-refractivity contribution in [2.45, 2.75) is 38.3 Å². The highest BCUT2D eigenvalue weighted by Crippen LogP contribution is 2.31. The number of halogens is 2. The van der Waals surface area contributed by atoms with Crippen LogP contribution in [0.1, 0.15) is 42.1 Å². The molecule has 0 fully saturated rings. The first kappa shape index (κ1) is 16.7. The molecule has 1 aliphatic carbocycles. The van der Waals surface area contributed by atoms with Gasteiger partial charge in [0.15, 0.2) is 0 Å². The van der Waals surface area contributed by atoms with Gasteiger partial charge in [-0.15, -0.1) is 0 Å². The first-order valence-electron chi connectivity index (χ1n) is 8.73. The van der Waals surface area contributed by atoms with Crippen molar-refractivity contribution < 1.29 is 13.6 Å². The minimum Gasteiger partial charge on any atom is -0.349 e. The molecule has 0 bridgehead atoms. The second-order valence-electron chi connectivity index (χ2n) is 6.55. The van der Waals surface area contributed by atoms with Gasteiger partial charge < -0.3 is 9.88 Å². The summed E-state index contributed by atoms with van der Waals surface area (Å²) >= 11 is 0. The minimum atomic E-state index is -2.60. The highest BCUT2D eigenvalue weighted by atomic mass is 19.3. The number of aryl methyl sites for hydroxylation is 2. The largest absolute Gasteiger partial charge is 0.349 e. The lowest BCUT2D eigenvalue weighted by Crippen LogP contribution is -2.28. The van der Waals surface area contributed by atoms with Gasteiger partial charge in [-0.2, -0.15) is 0 Å². The van der Waals surface area contributed by atoms with Crippen molar-refractivity contribution in [2.24, 2.45) is 0 Å². The molecular formula is C20H19F2N3O. The van der Waals surface area contributed by atoms with Crippen LogP contribution >= 0.6 is 0 Å². The summed E-state index contributed by atoms with van der Waals surface area (Å²) in [5.74, 6) is -0.135. The Morgan fingerprint density at radius 2 is 2.12 bits per heavy atom. The fourth-order valence-electron chi connectivity index (χ4n) is 3.71. The van der Waals surface area contributed by atoms with Crippen LogP contribution in [0.15, 0.2) is 48.7 Å². The van der Waals surface area contributed by atoms with E-state index in [1.165, 1.54) is 16.2 Å². The Morgan fingerprint density at radius 1 is 1.27 bits per heavy atom. The van der Waals surface area contributed by atoms with Gasteiger partial charge >= 0.3 is 0 Å². The number of hydrogen-bond acceptors (Lipinski definition) is 2. The zero-order chi connectivity index (χ0) is 18.1. The molecule has 2 aromatic heterocycles. The molecule has 0 saturated heterocycles. The van der Waals surface area contributed by atoms with Crippen LogP contribution in [0.2, 0.25) is 0 Å². The SMILES string of the molecule is O=C(CCn1c(C(F)F)cc2cccnc21)N[C@@H]1CCc2ccccc21. The number of pyridine rings is 1. The molecule has 0 saturated carbocycles. The number of hydrogen-bond donors (Lipinski definition) is 1. The molecule has 0 aliphatic heterocycles. The average Bonchev–Trinajstić information content (AvgIpc) is 3.22. The third-order valence-electron chi connectivity index (χ3n) is 4.94. The summed E-state index contributed by atoms with van der Waals surface area (Å²) in [7, 11) is 0. The summed E-state index contributed by atoms with van der Waals surface area (Å²) in [6.07, 6.45) is 0.931. The molecule has 2 heterocycles. The average molecular weight is 355 g/mol. The molecule has 4 nitrogen and oxygen atoms in total. The van der Waals surface area contributed by atoms with Crippen LogP contribution in [0, 0.1) is 0 Å². The predicted molar refractivity (Wildman–Crippen MR) is 95.0 cm³/mol. The Bertz CT molecular complexity index is 951. The Kier molecular flexibility index (Phi) is 4.41. The molecule has 1 aliphatic rings. The molecule has 6 heteroatoms. The number of aromatic nitrogens is 2. The Labute approximate surface area is 149 Å². The Hall–Kier alpha value is -2.76. The fraction of sp³-hybridized carbons (Fsp3) is 0.300.